The van der Waals surface area contributed by atoms with E-state index in [1.807, 2.05) is 18.2 Å². The molecule has 0 aliphatic carbocycles. The molecule has 4 heteroatoms. The van der Waals surface area contributed by atoms with Gasteiger partial charge in [-0.15, -0.1) is 0 Å². The van der Waals surface area contributed by atoms with Gasteiger partial charge in [0.1, 0.15) is 12.7 Å². The average Bonchev–Trinajstić information content (AvgIpc) is 2.28. The van der Waals surface area contributed by atoms with E-state index in [9.17, 15) is 4.79 Å². The predicted molar refractivity (Wildman–Crippen MR) is 61.7 cm³/mol. The first-order chi connectivity index (χ1) is 7.72. The predicted octanol–water partition coefficient (Wildman–Crippen LogP) is 2.16. The van der Waals surface area contributed by atoms with E-state index >= 15 is 0 Å². The molecule has 0 saturated heterocycles. The number of rotatable bonds is 2. The highest BCUT2D eigenvalue weighted by Crippen LogP contribution is 2.12. The van der Waals surface area contributed by atoms with Crippen molar-refractivity contribution in [2.24, 2.45) is 5.16 Å². The molecule has 0 aliphatic rings. The topological polar surface area (TPSA) is 51.8 Å². The van der Waals surface area contributed by atoms with E-state index in [4.69, 9.17) is 4.42 Å². The molecule has 2 aromatic rings. The maximum Gasteiger partial charge on any atom is 0.345 e. The summed E-state index contributed by atoms with van der Waals surface area (Å²) in [6, 6.07) is 9.08. The van der Waals surface area contributed by atoms with Crippen molar-refractivity contribution >= 4 is 16.7 Å². The molecule has 2 rings (SSSR count). The number of fused-ring (bicyclic) bond motifs is 1. The van der Waals surface area contributed by atoms with Crippen LogP contribution in [0.25, 0.3) is 11.0 Å². The summed E-state index contributed by atoms with van der Waals surface area (Å²) in [5.74, 6) is 0. The summed E-state index contributed by atoms with van der Waals surface area (Å²) in [5.41, 5.74) is 1.08. The number of nitrogens with zero attached hydrogens (tertiary/aromatic N) is 1. The minimum absolute atomic E-state index is 0.406. The molecule has 0 atom stereocenters. The van der Waals surface area contributed by atoms with Crippen molar-refractivity contribution in [3.8, 4) is 0 Å². The zero-order chi connectivity index (χ0) is 11.5. The first-order valence-corrected chi connectivity index (χ1v) is 4.83. The highest BCUT2D eigenvalue weighted by Gasteiger charge is 2.07. The molecule has 1 aromatic carbocycles. The fourth-order valence-corrected chi connectivity index (χ4v) is 1.50. The van der Waals surface area contributed by atoms with Gasteiger partial charge in [0.2, 0.25) is 0 Å². The monoisotopic (exact) mass is 217 g/mol. The molecule has 0 amide bonds. The van der Waals surface area contributed by atoms with E-state index in [1.54, 1.807) is 19.1 Å². The lowest BCUT2D eigenvalue weighted by Crippen LogP contribution is -2.12. The largest absolute Gasteiger partial charge is 0.422 e. The van der Waals surface area contributed by atoms with Gasteiger partial charge >= 0.3 is 5.63 Å². The van der Waals surface area contributed by atoms with Gasteiger partial charge in [-0.1, -0.05) is 23.4 Å². The van der Waals surface area contributed by atoms with Gasteiger partial charge in [-0.2, -0.15) is 0 Å². The molecule has 0 aliphatic heterocycles. The lowest BCUT2D eigenvalue weighted by molar-refractivity contribution is 0.213. The van der Waals surface area contributed by atoms with Gasteiger partial charge in [0.25, 0.3) is 0 Å². The van der Waals surface area contributed by atoms with Crippen LogP contribution in [0.1, 0.15) is 12.5 Å². The van der Waals surface area contributed by atoms with Crippen molar-refractivity contribution in [1.29, 1.82) is 0 Å². The third kappa shape index (κ3) is 1.82. The fourth-order valence-electron chi connectivity index (χ4n) is 1.50. The van der Waals surface area contributed by atoms with Crippen LogP contribution in [-0.2, 0) is 4.84 Å². The lowest BCUT2D eigenvalue weighted by Gasteiger charge is -2.00. The van der Waals surface area contributed by atoms with Crippen LogP contribution in [0.4, 0.5) is 0 Å². The Kier molecular flexibility index (Phi) is 2.72. The Bertz CT molecular complexity index is 598. The minimum atomic E-state index is -0.406. The highest BCUT2D eigenvalue weighted by molar-refractivity contribution is 6.00. The molecule has 1 aromatic heterocycles. The molecule has 0 N–H and O–H groups in total. The zero-order valence-corrected chi connectivity index (χ0v) is 9.06. The van der Waals surface area contributed by atoms with Crippen molar-refractivity contribution < 1.29 is 9.25 Å². The SMILES string of the molecule is CO/N=C(\C)c1cc2ccccc2oc1=O. The van der Waals surface area contributed by atoms with Gasteiger partial charge in [0, 0.05) is 5.39 Å². The Hall–Kier alpha value is -2.10. The Labute approximate surface area is 92.1 Å². The summed E-state index contributed by atoms with van der Waals surface area (Å²) in [6.07, 6.45) is 0. The second-order valence-corrected chi connectivity index (χ2v) is 3.34. The quantitative estimate of drug-likeness (QED) is 0.440. The molecule has 0 radical (unpaired) electrons. The van der Waals surface area contributed by atoms with Crippen molar-refractivity contribution in [2.75, 3.05) is 7.11 Å². The number of benzene rings is 1. The third-order valence-corrected chi connectivity index (χ3v) is 2.26. The Morgan fingerprint density at radius 1 is 1.38 bits per heavy atom. The first-order valence-electron chi connectivity index (χ1n) is 4.83. The van der Waals surface area contributed by atoms with Gasteiger partial charge in [-0.25, -0.2) is 4.79 Å². The van der Waals surface area contributed by atoms with E-state index in [-0.39, 0.29) is 0 Å². The van der Waals surface area contributed by atoms with E-state index in [2.05, 4.69) is 9.99 Å². The van der Waals surface area contributed by atoms with Crippen molar-refractivity contribution in [2.45, 2.75) is 6.92 Å². The molecule has 1 heterocycles. The lowest BCUT2D eigenvalue weighted by atomic mass is 10.1. The van der Waals surface area contributed by atoms with Gasteiger partial charge in [0.15, 0.2) is 0 Å². The summed E-state index contributed by atoms with van der Waals surface area (Å²) >= 11 is 0. The Morgan fingerprint density at radius 3 is 2.88 bits per heavy atom. The van der Waals surface area contributed by atoms with Gasteiger partial charge in [-0.3, -0.25) is 0 Å². The summed E-state index contributed by atoms with van der Waals surface area (Å²) in [6.45, 7) is 1.70. The molecule has 0 saturated carbocycles. The second-order valence-electron chi connectivity index (χ2n) is 3.34. The summed E-state index contributed by atoms with van der Waals surface area (Å²) in [7, 11) is 1.44. The van der Waals surface area contributed by atoms with Crippen molar-refractivity contribution in [3.05, 3.63) is 46.3 Å². The van der Waals surface area contributed by atoms with Crippen LogP contribution in [0, 0.1) is 0 Å². The average molecular weight is 217 g/mol. The number of oxime groups is 1. The van der Waals surface area contributed by atoms with Crippen LogP contribution in [0.3, 0.4) is 0 Å². The van der Waals surface area contributed by atoms with Crippen LogP contribution in [-0.4, -0.2) is 12.8 Å². The normalized spacial score (nSPS) is 11.8. The van der Waals surface area contributed by atoms with E-state index in [1.165, 1.54) is 7.11 Å². The van der Waals surface area contributed by atoms with Gasteiger partial charge in [0.05, 0.1) is 11.3 Å². The fraction of sp³-hybridized carbons (Fsp3) is 0.167. The summed E-state index contributed by atoms with van der Waals surface area (Å²) in [4.78, 5) is 16.3. The van der Waals surface area contributed by atoms with E-state index in [0.717, 1.165) is 5.39 Å². The van der Waals surface area contributed by atoms with E-state index < -0.39 is 5.63 Å². The summed E-state index contributed by atoms with van der Waals surface area (Å²) in [5, 5.41) is 4.58. The standard InChI is InChI=1S/C12H11NO3/c1-8(13-15-2)10-7-9-5-3-4-6-11(9)16-12(10)14/h3-7H,1-2H3/b13-8+. The number of para-hydroxylation sites is 1. The number of hydrogen-bond acceptors (Lipinski definition) is 4. The molecular formula is C12H11NO3. The molecule has 4 nitrogen and oxygen atoms in total. The highest BCUT2D eigenvalue weighted by atomic mass is 16.6. The molecule has 0 bridgehead atoms. The van der Waals surface area contributed by atoms with Gasteiger partial charge < -0.3 is 9.25 Å². The molecule has 82 valence electrons. The minimum Gasteiger partial charge on any atom is -0.422 e. The Balaban J connectivity index is 2.68. The Morgan fingerprint density at radius 2 is 2.12 bits per heavy atom. The first kappa shape index (κ1) is 10.4. The third-order valence-electron chi connectivity index (χ3n) is 2.26. The van der Waals surface area contributed by atoms with Crippen LogP contribution < -0.4 is 5.63 Å². The summed E-state index contributed by atoms with van der Waals surface area (Å²) < 4.78 is 5.17. The molecule has 0 spiro atoms. The van der Waals surface area contributed by atoms with Crippen LogP contribution in [0.15, 0.2) is 44.7 Å². The van der Waals surface area contributed by atoms with Crippen LogP contribution in [0.2, 0.25) is 0 Å². The van der Waals surface area contributed by atoms with Crippen molar-refractivity contribution in [3.63, 3.8) is 0 Å². The van der Waals surface area contributed by atoms with Crippen molar-refractivity contribution in [1.82, 2.24) is 0 Å². The molecule has 0 unspecified atom stereocenters. The molecule has 0 fully saturated rings. The maximum atomic E-state index is 11.6. The molecular weight excluding hydrogens is 206 g/mol. The molecule has 16 heavy (non-hydrogen) atoms. The number of hydrogen-bond donors (Lipinski definition) is 0. The zero-order valence-electron chi connectivity index (χ0n) is 9.06. The maximum absolute atomic E-state index is 11.6. The van der Waals surface area contributed by atoms with Crippen LogP contribution in [0.5, 0.6) is 0 Å². The van der Waals surface area contributed by atoms with Crippen LogP contribution >= 0.6 is 0 Å². The second kappa shape index (κ2) is 4.18. The smallest absolute Gasteiger partial charge is 0.345 e. The van der Waals surface area contributed by atoms with E-state index in [0.29, 0.717) is 16.9 Å². The van der Waals surface area contributed by atoms with Gasteiger partial charge in [-0.05, 0) is 19.1 Å².